The van der Waals surface area contributed by atoms with Crippen LogP contribution in [0, 0.1) is 23.2 Å². The largest absolute Gasteiger partial charge is 0.370 e. The number of aromatic nitrogens is 2. The molecule has 0 unspecified atom stereocenters. The van der Waals surface area contributed by atoms with Crippen molar-refractivity contribution >= 4 is 26.7 Å². The number of hydrogen-bond donors (Lipinski definition) is 1. The third-order valence-corrected chi connectivity index (χ3v) is 8.28. The predicted molar refractivity (Wildman–Crippen MR) is 115 cm³/mol. The SMILES string of the molecule is CN(c1c(C#N)cnc2c1ccn2S(=O)(=O)c1ccccc1)[C@H]1C[C@H]2CNC[C@H]2C1. The first-order valence-corrected chi connectivity index (χ1v) is 11.6. The average Bonchev–Trinajstić information content (AvgIpc) is 3.47. The molecule has 3 heterocycles. The first-order valence-electron chi connectivity index (χ1n) is 10.1. The van der Waals surface area contributed by atoms with Crippen LogP contribution in [0.3, 0.4) is 0 Å². The van der Waals surface area contributed by atoms with E-state index < -0.39 is 10.0 Å². The average molecular weight is 422 g/mol. The Morgan fingerprint density at radius 2 is 1.87 bits per heavy atom. The first-order chi connectivity index (χ1) is 14.5. The molecule has 1 aromatic carbocycles. The van der Waals surface area contributed by atoms with Gasteiger partial charge < -0.3 is 10.2 Å². The van der Waals surface area contributed by atoms with Crippen molar-refractivity contribution in [2.24, 2.45) is 11.8 Å². The zero-order valence-electron chi connectivity index (χ0n) is 16.7. The molecule has 2 aromatic heterocycles. The van der Waals surface area contributed by atoms with Gasteiger partial charge in [0.2, 0.25) is 0 Å². The number of benzene rings is 1. The van der Waals surface area contributed by atoms with Crippen LogP contribution in [0.15, 0.2) is 53.7 Å². The van der Waals surface area contributed by atoms with Crippen molar-refractivity contribution in [2.75, 3.05) is 25.0 Å². The summed E-state index contributed by atoms with van der Waals surface area (Å²) in [6, 6.07) is 12.7. The highest BCUT2D eigenvalue weighted by Crippen LogP contribution is 2.40. The zero-order valence-corrected chi connectivity index (χ0v) is 17.5. The molecule has 2 fully saturated rings. The lowest BCUT2D eigenvalue weighted by Gasteiger charge is -2.29. The van der Waals surface area contributed by atoms with Crippen molar-refractivity contribution in [1.29, 1.82) is 5.26 Å². The fourth-order valence-electron chi connectivity index (χ4n) is 5.04. The summed E-state index contributed by atoms with van der Waals surface area (Å²) in [5, 5.41) is 13.9. The van der Waals surface area contributed by atoms with Gasteiger partial charge in [-0.05, 0) is 56.0 Å². The standard InChI is InChI=1S/C22H23N5O2S/c1-26(18-9-15-12-24-13-16(15)10-18)21-17(11-23)14-25-22-20(21)7-8-27(22)30(28,29)19-5-3-2-4-6-19/h2-8,14-16,18,24H,9-10,12-13H2,1H3/t15-,16+,18-. The minimum atomic E-state index is -3.77. The number of rotatable bonds is 4. The Hall–Kier alpha value is -2.89. The summed E-state index contributed by atoms with van der Waals surface area (Å²) < 4.78 is 27.6. The molecular weight excluding hydrogens is 398 g/mol. The van der Waals surface area contributed by atoms with Crippen molar-refractivity contribution in [3.8, 4) is 6.07 Å². The molecule has 1 saturated heterocycles. The third-order valence-electron chi connectivity index (χ3n) is 6.60. The van der Waals surface area contributed by atoms with Gasteiger partial charge in [-0.2, -0.15) is 5.26 Å². The van der Waals surface area contributed by atoms with E-state index in [1.807, 2.05) is 7.05 Å². The molecule has 0 amide bonds. The van der Waals surface area contributed by atoms with Gasteiger partial charge in [0, 0.05) is 30.9 Å². The van der Waals surface area contributed by atoms with Gasteiger partial charge in [-0.3, -0.25) is 0 Å². The highest BCUT2D eigenvalue weighted by molar-refractivity contribution is 7.90. The number of hydrogen-bond acceptors (Lipinski definition) is 6. The summed E-state index contributed by atoms with van der Waals surface area (Å²) in [4.78, 5) is 6.73. The van der Waals surface area contributed by atoms with Gasteiger partial charge in [0.1, 0.15) is 6.07 Å². The number of nitriles is 1. The maximum atomic E-state index is 13.2. The molecule has 2 aliphatic rings. The fourth-order valence-corrected chi connectivity index (χ4v) is 6.37. The highest BCUT2D eigenvalue weighted by atomic mass is 32.2. The lowest BCUT2D eigenvalue weighted by Crippen LogP contribution is -2.32. The van der Waals surface area contributed by atoms with Gasteiger partial charge in [0.25, 0.3) is 10.0 Å². The number of nitrogens with one attached hydrogen (secondary N) is 1. The topological polar surface area (TPSA) is 91.0 Å². The van der Waals surface area contributed by atoms with Crippen molar-refractivity contribution in [3.63, 3.8) is 0 Å². The van der Waals surface area contributed by atoms with Gasteiger partial charge in [-0.25, -0.2) is 17.4 Å². The Bertz CT molecular complexity index is 1230. The molecule has 7 nitrogen and oxygen atoms in total. The summed E-state index contributed by atoms with van der Waals surface area (Å²) >= 11 is 0. The molecule has 1 aliphatic heterocycles. The van der Waals surface area contributed by atoms with E-state index in [-0.39, 0.29) is 4.90 Å². The van der Waals surface area contributed by atoms with Gasteiger partial charge >= 0.3 is 0 Å². The molecule has 30 heavy (non-hydrogen) atoms. The van der Waals surface area contributed by atoms with Crippen LogP contribution < -0.4 is 10.2 Å². The van der Waals surface area contributed by atoms with Crippen LogP contribution in [0.4, 0.5) is 5.69 Å². The molecule has 0 radical (unpaired) electrons. The molecule has 0 bridgehead atoms. The van der Waals surface area contributed by atoms with E-state index in [4.69, 9.17) is 0 Å². The smallest absolute Gasteiger partial charge is 0.269 e. The minimum absolute atomic E-state index is 0.208. The Balaban J connectivity index is 1.60. The van der Waals surface area contributed by atoms with E-state index >= 15 is 0 Å². The number of nitrogens with zero attached hydrogens (tertiary/aromatic N) is 4. The Morgan fingerprint density at radius 3 is 2.53 bits per heavy atom. The molecule has 3 atom stereocenters. The maximum Gasteiger partial charge on any atom is 0.269 e. The molecule has 1 aliphatic carbocycles. The van der Waals surface area contributed by atoms with E-state index in [2.05, 4.69) is 21.3 Å². The predicted octanol–water partition coefficient (Wildman–Crippen LogP) is 2.58. The summed E-state index contributed by atoms with van der Waals surface area (Å²) in [6.07, 6.45) is 5.17. The lowest BCUT2D eigenvalue weighted by molar-refractivity contribution is 0.494. The van der Waals surface area contributed by atoms with Crippen molar-refractivity contribution < 1.29 is 8.42 Å². The van der Waals surface area contributed by atoms with Crippen LogP contribution in [0.2, 0.25) is 0 Å². The van der Waals surface area contributed by atoms with Crippen LogP contribution in [0.25, 0.3) is 11.0 Å². The van der Waals surface area contributed by atoms with Crippen LogP contribution >= 0.6 is 0 Å². The van der Waals surface area contributed by atoms with E-state index in [1.165, 1.54) is 16.4 Å². The van der Waals surface area contributed by atoms with Crippen LogP contribution in [-0.2, 0) is 10.0 Å². The fraction of sp³-hybridized carbons (Fsp3) is 0.364. The second-order valence-electron chi connectivity index (χ2n) is 8.21. The molecule has 1 N–H and O–H groups in total. The quantitative estimate of drug-likeness (QED) is 0.696. The van der Waals surface area contributed by atoms with Crippen LogP contribution in [0.5, 0.6) is 0 Å². The van der Waals surface area contributed by atoms with Crippen molar-refractivity contribution in [1.82, 2.24) is 14.3 Å². The second-order valence-corrected chi connectivity index (χ2v) is 10.0. The van der Waals surface area contributed by atoms with Gasteiger partial charge in [-0.1, -0.05) is 18.2 Å². The third kappa shape index (κ3) is 2.89. The van der Waals surface area contributed by atoms with E-state index in [0.29, 0.717) is 34.5 Å². The van der Waals surface area contributed by atoms with E-state index in [9.17, 15) is 13.7 Å². The summed E-state index contributed by atoms with van der Waals surface area (Å²) in [5.41, 5.74) is 1.58. The molecule has 1 saturated carbocycles. The molecule has 0 spiro atoms. The van der Waals surface area contributed by atoms with Crippen molar-refractivity contribution in [3.05, 3.63) is 54.4 Å². The highest BCUT2D eigenvalue weighted by Gasteiger charge is 2.39. The summed E-state index contributed by atoms with van der Waals surface area (Å²) in [6.45, 7) is 2.11. The normalized spacial score (nSPS) is 23.4. The van der Waals surface area contributed by atoms with Gasteiger partial charge in [0.15, 0.2) is 5.65 Å². The summed E-state index contributed by atoms with van der Waals surface area (Å²) in [5.74, 6) is 1.34. The van der Waals surface area contributed by atoms with E-state index in [0.717, 1.165) is 31.6 Å². The Kier molecular flexibility index (Phi) is 4.53. The molecule has 8 heteroatoms. The number of pyridine rings is 1. The van der Waals surface area contributed by atoms with Crippen molar-refractivity contribution in [2.45, 2.75) is 23.8 Å². The van der Waals surface area contributed by atoms with Gasteiger partial charge in [0.05, 0.1) is 16.1 Å². The Labute approximate surface area is 176 Å². The zero-order chi connectivity index (χ0) is 20.9. The number of anilines is 1. The second kappa shape index (κ2) is 7.11. The van der Waals surface area contributed by atoms with Crippen LogP contribution in [0.1, 0.15) is 18.4 Å². The molecule has 3 aromatic rings. The molecule has 154 valence electrons. The van der Waals surface area contributed by atoms with Crippen LogP contribution in [-0.4, -0.2) is 43.6 Å². The monoisotopic (exact) mass is 421 g/mol. The summed E-state index contributed by atoms with van der Waals surface area (Å²) in [7, 11) is -1.76. The lowest BCUT2D eigenvalue weighted by atomic mass is 10.0. The molecular formula is C22H23N5O2S. The Morgan fingerprint density at radius 1 is 1.17 bits per heavy atom. The molecule has 5 rings (SSSR count). The first kappa shape index (κ1) is 19.1. The number of fused-ring (bicyclic) bond motifs is 2. The van der Waals surface area contributed by atoms with E-state index in [1.54, 1.807) is 36.4 Å². The maximum absolute atomic E-state index is 13.2. The van der Waals surface area contributed by atoms with Gasteiger partial charge in [-0.15, -0.1) is 0 Å². The minimum Gasteiger partial charge on any atom is -0.370 e.